The third kappa shape index (κ3) is 3.94. The molecule has 0 heterocycles. The van der Waals surface area contributed by atoms with Crippen LogP contribution in [0.4, 0.5) is 0 Å². The molecule has 39 heavy (non-hydrogen) atoms. The number of ketones is 2. The van der Waals surface area contributed by atoms with E-state index < -0.39 is 5.41 Å². The maximum absolute atomic E-state index is 14.5. The van der Waals surface area contributed by atoms with E-state index >= 15 is 0 Å². The Labute approximate surface area is 235 Å². The van der Waals surface area contributed by atoms with Crippen LogP contribution in [-0.4, -0.2) is 24.0 Å². The Hall–Kier alpha value is -2.22. The lowest BCUT2D eigenvalue weighted by atomic mass is 9.34. The quantitative estimate of drug-likeness (QED) is 0.435. The van der Waals surface area contributed by atoms with Gasteiger partial charge >= 0.3 is 0 Å². The fourth-order valence-electron chi connectivity index (χ4n) is 10.4. The number of hydrogen-bond donors (Lipinski definition) is 1. The summed E-state index contributed by atoms with van der Waals surface area (Å²) >= 11 is 0. The van der Waals surface area contributed by atoms with Crippen molar-refractivity contribution in [3.8, 4) is 6.07 Å². The van der Waals surface area contributed by atoms with Gasteiger partial charge < -0.3 is 5.32 Å². The molecule has 0 aliphatic heterocycles. The van der Waals surface area contributed by atoms with E-state index in [1.54, 1.807) is 0 Å². The number of amides is 1. The summed E-state index contributed by atoms with van der Waals surface area (Å²) in [6.45, 7) is 16.2. The predicted molar refractivity (Wildman–Crippen MR) is 152 cm³/mol. The monoisotopic (exact) mass is 532 g/mol. The molecule has 8 atom stereocenters. The van der Waals surface area contributed by atoms with Crippen LogP contribution in [0, 0.1) is 62.1 Å². The van der Waals surface area contributed by atoms with Gasteiger partial charge in [0.15, 0.2) is 11.6 Å². The van der Waals surface area contributed by atoms with Gasteiger partial charge in [-0.1, -0.05) is 53.2 Å². The minimum absolute atomic E-state index is 0.0307. The van der Waals surface area contributed by atoms with Crippen LogP contribution in [0.15, 0.2) is 23.3 Å². The number of rotatable bonds is 4. The first-order valence-electron chi connectivity index (χ1n) is 15.4. The molecule has 3 fully saturated rings. The lowest BCUT2D eigenvalue weighted by Crippen LogP contribution is -2.64. The highest BCUT2D eigenvalue weighted by atomic mass is 16.1. The van der Waals surface area contributed by atoms with Gasteiger partial charge in [-0.2, -0.15) is 5.26 Å². The molecule has 5 aliphatic rings. The Kier molecular flexibility index (Phi) is 6.64. The molecule has 2 unspecified atom stereocenters. The zero-order chi connectivity index (χ0) is 28.6. The Balaban J connectivity index is 1.61. The predicted octanol–water partition coefficient (Wildman–Crippen LogP) is 6.73. The first-order chi connectivity index (χ1) is 18.2. The SMILES string of the molecule is CCNC(=O)CC[C@]12CCC(C)(C)CC1C1C(=O)C=C3[C@@]4(C)C=C(C#N)C(=O)[C@@H](C)[C@@H]4CC[C@@]3(C)[C@]1(C)CC2. The lowest BCUT2D eigenvalue weighted by molar-refractivity contribution is -0.171. The largest absolute Gasteiger partial charge is 0.356 e. The van der Waals surface area contributed by atoms with Gasteiger partial charge in [-0.3, -0.25) is 14.4 Å². The Morgan fingerprint density at radius 1 is 1.05 bits per heavy atom. The summed E-state index contributed by atoms with van der Waals surface area (Å²) in [5.74, 6) is 0.425. The molecule has 0 aromatic rings. The van der Waals surface area contributed by atoms with Gasteiger partial charge in [0.1, 0.15) is 6.07 Å². The third-order valence-electron chi connectivity index (χ3n) is 12.9. The van der Waals surface area contributed by atoms with Crippen molar-refractivity contribution in [3.05, 3.63) is 23.3 Å². The molecular formula is C34H48N2O3. The van der Waals surface area contributed by atoms with Crippen LogP contribution in [0.25, 0.3) is 0 Å². The average Bonchev–Trinajstić information content (AvgIpc) is 2.87. The van der Waals surface area contributed by atoms with Crippen LogP contribution in [0.2, 0.25) is 0 Å². The molecular weight excluding hydrogens is 484 g/mol. The summed E-state index contributed by atoms with van der Waals surface area (Å²) in [4.78, 5) is 40.0. The molecule has 0 aromatic heterocycles. The van der Waals surface area contributed by atoms with E-state index in [-0.39, 0.29) is 68.4 Å². The number of fused-ring (bicyclic) bond motifs is 7. The fraction of sp³-hybridized carbons (Fsp3) is 0.765. The van der Waals surface area contributed by atoms with Crippen LogP contribution >= 0.6 is 0 Å². The van der Waals surface area contributed by atoms with Crippen LogP contribution in [0.3, 0.4) is 0 Å². The number of hydrogen-bond acceptors (Lipinski definition) is 4. The highest BCUT2D eigenvalue weighted by Crippen LogP contribution is 2.74. The second-order valence-electron chi connectivity index (χ2n) is 15.2. The van der Waals surface area contributed by atoms with Crippen molar-refractivity contribution in [1.82, 2.24) is 5.32 Å². The highest BCUT2D eigenvalue weighted by Gasteiger charge is 2.68. The molecule has 5 rings (SSSR count). The Morgan fingerprint density at radius 3 is 2.41 bits per heavy atom. The molecule has 1 N–H and O–H groups in total. The maximum Gasteiger partial charge on any atom is 0.220 e. The zero-order valence-corrected chi connectivity index (χ0v) is 25.2. The molecule has 1 amide bonds. The minimum atomic E-state index is -0.465. The molecule has 5 aliphatic carbocycles. The van der Waals surface area contributed by atoms with Gasteiger partial charge in [0.05, 0.1) is 5.57 Å². The summed E-state index contributed by atoms with van der Waals surface area (Å²) < 4.78 is 0. The van der Waals surface area contributed by atoms with Crippen LogP contribution in [-0.2, 0) is 14.4 Å². The van der Waals surface area contributed by atoms with Gasteiger partial charge in [-0.15, -0.1) is 0 Å². The zero-order valence-electron chi connectivity index (χ0n) is 25.2. The summed E-state index contributed by atoms with van der Waals surface area (Å²) in [7, 11) is 0. The van der Waals surface area contributed by atoms with Crippen molar-refractivity contribution in [2.24, 2.45) is 50.7 Å². The first kappa shape index (κ1) is 28.3. The highest BCUT2D eigenvalue weighted by molar-refractivity contribution is 6.02. The summed E-state index contributed by atoms with van der Waals surface area (Å²) in [6, 6.07) is 2.18. The normalized spacial score (nSPS) is 44.5. The molecule has 5 heteroatoms. The van der Waals surface area contributed by atoms with Crippen molar-refractivity contribution in [2.45, 2.75) is 106 Å². The second-order valence-corrected chi connectivity index (χ2v) is 15.2. The lowest BCUT2D eigenvalue weighted by Gasteiger charge is -2.69. The number of carbonyl (C=O) groups is 3. The molecule has 5 nitrogen and oxygen atoms in total. The number of nitrogens with zero attached hydrogens (tertiary/aromatic N) is 1. The van der Waals surface area contributed by atoms with E-state index in [0.29, 0.717) is 13.0 Å². The van der Waals surface area contributed by atoms with Crippen LogP contribution < -0.4 is 5.32 Å². The number of nitrogens with one attached hydrogen (secondary N) is 1. The average molecular weight is 533 g/mol. The number of nitriles is 1. The van der Waals surface area contributed by atoms with E-state index in [1.807, 2.05) is 26.0 Å². The number of allylic oxidation sites excluding steroid dienone is 4. The van der Waals surface area contributed by atoms with Crippen molar-refractivity contribution in [2.75, 3.05) is 6.54 Å². The fourth-order valence-corrected chi connectivity index (χ4v) is 10.4. The first-order valence-corrected chi connectivity index (χ1v) is 15.4. The van der Waals surface area contributed by atoms with Gasteiger partial charge in [-0.25, -0.2) is 0 Å². The van der Waals surface area contributed by atoms with E-state index in [1.165, 1.54) is 0 Å². The smallest absolute Gasteiger partial charge is 0.220 e. The molecule has 0 aromatic carbocycles. The van der Waals surface area contributed by atoms with E-state index in [9.17, 15) is 19.6 Å². The van der Waals surface area contributed by atoms with Gasteiger partial charge in [-0.05, 0) is 97.9 Å². The molecule has 0 spiro atoms. The van der Waals surface area contributed by atoms with Crippen molar-refractivity contribution in [3.63, 3.8) is 0 Å². The van der Waals surface area contributed by atoms with Crippen molar-refractivity contribution < 1.29 is 14.4 Å². The Morgan fingerprint density at radius 2 is 1.74 bits per heavy atom. The van der Waals surface area contributed by atoms with Gasteiger partial charge in [0, 0.05) is 30.2 Å². The van der Waals surface area contributed by atoms with Gasteiger partial charge in [0.25, 0.3) is 0 Å². The topological polar surface area (TPSA) is 87.0 Å². The van der Waals surface area contributed by atoms with Crippen LogP contribution in [0.5, 0.6) is 0 Å². The maximum atomic E-state index is 14.5. The number of carbonyl (C=O) groups excluding carboxylic acids is 3. The Bertz CT molecular complexity index is 1210. The molecule has 0 radical (unpaired) electrons. The van der Waals surface area contributed by atoms with Crippen molar-refractivity contribution >= 4 is 17.5 Å². The summed E-state index contributed by atoms with van der Waals surface area (Å²) in [5.41, 5.74) is 0.787. The molecule has 212 valence electrons. The second kappa shape index (κ2) is 9.15. The summed E-state index contributed by atoms with van der Waals surface area (Å²) in [5, 5.41) is 12.8. The third-order valence-corrected chi connectivity index (χ3v) is 12.9. The molecule has 3 saturated carbocycles. The van der Waals surface area contributed by atoms with Gasteiger partial charge in [0.2, 0.25) is 5.91 Å². The molecule has 0 bridgehead atoms. The standard InChI is InChI=1S/C34H48N2O3/c1-8-36-27(38)10-12-34-15-13-30(3,4)19-24(34)28-25(37)17-26-31(5)18-22(20-35)29(39)21(2)23(31)9-11-32(26,6)33(28,7)14-16-34/h17-18,21,23-24,28H,8-16,19H2,1-7H3,(H,36,38)/t21-,23-,24?,28?,31-,32+,33+,34+/m0/s1. The number of Topliss-reactive ketones (excluding diaryl/α,β-unsaturated/α-hetero) is 1. The van der Waals surface area contributed by atoms with Crippen LogP contribution in [0.1, 0.15) is 106 Å². The summed E-state index contributed by atoms with van der Waals surface area (Å²) in [6.07, 6.45) is 12.5. The molecule has 0 saturated heterocycles. The van der Waals surface area contributed by atoms with E-state index in [0.717, 1.165) is 56.9 Å². The van der Waals surface area contributed by atoms with Crippen molar-refractivity contribution in [1.29, 1.82) is 5.26 Å². The van der Waals surface area contributed by atoms with E-state index in [4.69, 9.17) is 0 Å². The minimum Gasteiger partial charge on any atom is -0.356 e. The van der Waals surface area contributed by atoms with E-state index in [2.05, 4.69) is 46.0 Å².